The molecule has 1 aromatic rings. The third kappa shape index (κ3) is 9.18. The van der Waals surface area contributed by atoms with E-state index in [1.165, 1.54) is 64.2 Å². The molecule has 2 aliphatic rings. The number of aliphatic imine (C=N–C) groups is 2. The summed E-state index contributed by atoms with van der Waals surface area (Å²) in [4.78, 5) is 14.7. The van der Waals surface area contributed by atoms with E-state index in [4.69, 9.17) is 15.0 Å². The molecule has 1 heterocycles. The van der Waals surface area contributed by atoms with E-state index in [1.807, 2.05) is 0 Å². The van der Waals surface area contributed by atoms with E-state index in [-0.39, 0.29) is 55.8 Å². The first kappa shape index (κ1) is 30.1. The van der Waals surface area contributed by atoms with Crippen molar-refractivity contribution in [2.24, 2.45) is 9.98 Å². The van der Waals surface area contributed by atoms with Crippen molar-refractivity contribution in [2.45, 2.75) is 90.1 Å². The van der Waals surface area contributed by atoms with Crippen molar-refractivity contribution in [3.63, 3.8) is 0 Å². The number of hydrogen-bond acceptors (Lipinski definition) is 3. The summed E-state index contributed by atoms with van der Waals surface area (Å²) >= 11 is 0. The van der Waals surface area contributed by atoms with Crippen molar-refractivity contribution in [3.05, 3.63) is 29.6 Å². The first-order chi connectivity index (χ1) is 11.7. The Morgan fingerprint density at radius 2 is 1.07 bits per heavy atom. The van der Waals surface area contributed by atoms with Crippen LogP contribution in [0, 0.1) is 0 Å². The minimum atomic E-state index is 0. The predicted molar refractivity (Wildman–Crippen MR) is 102 cm³/mol. The minimum absolute atomic E-state index is 0. The van der Waals surface area contributed by atoms with Crippen LogP contribution in [0.4, 0.5) is 0 Å². The summed E-state index contributed by atoms with van der Waals surface area (Å²) in [6, 6.07) is 7.26. The second-order valence-corrected chi connectivity index (χ2v) is 7.42. The molecule has 3 rings (SSSR count). The maximum atomic E-state index is 4.94. The molecule has 0 aliphatic heterocycles. The average molecular weight is 483 g/mol. The molecule has 156 valence electrons. The van der Waals surface area contributed by atoms with Crippen LogP contribution in [-0.2, 0) is 18.6 Å². The molecule has 1 aromatic heterocycles. The van der Waals surface area contributed by atoms with Crippen LogP contribution in [0.2, 0.25) is 0 Å². The first-order valence-electron chi connectivity index (χ1n) is 9.79. The van der Waals surface area contributed by atoms with Crippen LogP contribution in [0.1, 0.15) is 89.4 Å². The van der Waals surface area contributed by atoms with Crippen LogP contribution in [0.15, 0.2) is 28.2 Å². The Hall–Kier alpha value is -0.0556. The van der Waals surface area contributed by atoms with Gasteiger partial charge in [0.05, 0.1) is 34.9 Å². The van der Waals surface area contributed by atoms with Crippen LogP contribution in [-0.4, -0.2) is 28.5 Å². The Morgan fingerprint density at radius 3 is 1.43 bits per heavy atom. The van der Waals surface area contributed by atoms with Crippen molar-refractivity contribution in [3.8, 4) is 0 Å². The fourth-order valence-corrected chi connectivity index (χ4v) is 3.94. The monoisotopic (exact) mass is 481 g/mol. The molecule has 28 heavy (non-hydrogen) atoms. The van der Waals surface area contributed by atoms with Crippen molar-refractivity contribution in [1.82, 2.24) is 4.98 Å². The topological polar surface area (TPSA) is 37.6 Å². The third-order valence-electron chi connectivity index (χ3n) is 5.39. The SMILES string of the molecule is CC(=NC1CCCCC1)c1cccc(C(C)=NC2CCCCC2)n1.[Cl-].[Cl-].[Cl-].[V+3]. The molecule has 7 heteroatoms. The normalized spacial score (nSPS) is 18.8. The molecule has 0 unspecified atom stereocenters. The Kier molecular flexibility index (Phi) is 16.9. The average Bonchev–Trinajstić information content (AvgIpc) is 2.63. The fourth-order valence-electron chi connectivity index (χ4n) is 3.94. The summed E-state index contributed by atoms with van der Waals surface area (Å²) in [5, 5.41) is 0. The summed E-state index contributed by atoms with van der Waals surface area (Å²) < 4.78 is 0. The molecular weight excluding hydrogens is 452 g/mol. The third-order valence-corrected chi connectivity index (χ3v) is 5.39. The van der Waals surface area contributed by atoms with Gasteiger partial charge >= 0.3 is 18.6 Å². The number of nitrogens with zero attached hydrogens (tertiary/aromatic N) is 3. The molecule has 0 spiro atoms. The maximum Gasteiger partial charge on any atom is 3.00 e. The zero-order valence-electron chi connectivity index (χ0n) is 16.9. The van der Waals surface area contributed by atoms with E-state index in [9.17, 15) is 0 Å². The van der Waals surface area contributed by atoms with Gasteiger partial charge in [-0.2, -0.15) is 0 Å². The van der Waals surface area contributed by atoms with E-state index in [1.54, 1.807) is 0 Å². The summed E-state index contributed by atoms with van der Waals surface area (Å²) in [5.41, 5.74) is 4.18. The Bertz CT molecular complexity index is 561. The molecule has 0 N–H and O–H groups in total. The summed E-state index contributed by atoms with van der Waals surface area (Å²) in [6.45, 7) is 4.21. The molecule has 0 atom stereocenters. The van der Waals surface area contributed by atoms with Gasteiger partial charge < -0.3 is 37.2 Å². The molecular formula is C21H31Cl3N3V. The van der Waals surface area contributed by atoms with Gasteiger partial charge in [-0.25, -0.2) is 4.98 Å². The summed E-state index contributed by atoms with van der Waals surface area (Å²) in [5.74, 6) is 0. The molecule has 0 saturated heterocycles. The number of aromatic nitrogens is 1. The molecule has 2 aliphatic carbocycles. The predicted octanol–water partition coefficient (Wildman–Crippen LogP) is -3.63. The van der Waals surface area contributed by atoms with E-state index in [2.05, 4.69) is 32.0 Å². The Labute approximate surface area is 201 Å². The molecule has 2 saturated carbocycles. The van der Waals surface area contributed by atoms with Crippen molar-refractivity contribution in [1.29, 1.82) is 0 Å². The molecule has 0 radical (unpaired) electrons. The zero-order chi connectivity index (χ0) is 16.8. The first-order valence-corrected chi connectivity index (χ1v) is 9.79. The van der Waals surface area contributed by atoms with Crippen LogP contribution in [0.5, 0.6) is 0 Å². The van der Waals surface area contributed by atoms with E-state index in [0.29, 0.717) is 12.1 Å². The number of hydrogen-bond donors (Lipinski definition) is 0. The van der Waals surface area contributed by atoms with Crippen molar-refractivity contribution in [2.75, 3.05) is 0 Å². The van der Waals surface area contributed by atoms with E-state index < -0.39 is 0 Å². The zero-order valence-corrected chi connectivity index (χ0v) is 20.5. The molecule has 0 bridgehead atoms. The summed E-state index contributed by atoms with van der Waals surface area (Å²) in [6.07, 6.45) is 13.0. The van der Waals surface area contributed by atoms with Gasteiger partial charge in [0.25, 0.3) is 0 Å². The summed E-state index contributed by atoms with van der Waals surface area (Å²) in [7, 11) is 0. The molecule has 2 fully saturated rings. The van der Waals surface area contributed by atoms with Gasteiger partial charge in [-0.05, 0) is 51.7 Å². The van der Waals surface area contributed by atoms with Crippen LogP contribution in [0.25, 0.3) is 0 Å². The number of rotatable bonds is 4. The standard InChI is InChI=1S/C21H31N3.3ClH.V/c1-16(22-18-10-5-3-6-11-18)20-14-9-15-21(24-20)17(2)23-19-12-7-4-8-13-19;;;;/h9,14-15,18-19H,3-8,10-13H2,1-2H3;3*1H;/q;;;;+3/p-3. The van der Waals surface area contributed by atoms with Crippen LogP contribution in [0.3, 0.4) is 0 Å². The van der Waals surface area contributed by atoms with Crippen LogP contribution >= 0.6 is 0 Å². The molecule has 3 nitrogen and oxygen atoms in total. The second kappa shape index (κ2) is 15.7. The van der Waals surface area contributed by atoms with Gasteiger partial charge in [0.15, 0.2) is 0 Å². The van der Waals surface area contributed by atoms with Gasteiger partial charge in [-0.3, -0.25) is 9.98 Å². The fraction of sp³-hybridized carbons (Fsp3) is 0.667. The Balaban J connectivity index is 0. The van der Waals surface area contributed by atoms with Gasteiger partial charge in [-0.1, -0.05) is 44.6 Å². The van der Waals surface area contributed by atoms with Gasteiger partial charge in [0.2, 0.25) is 0 Å². The van der Waals surface area contributed by atoms with E-state index in [0.717, 1.165) is 22.8 Å². The Morgan fingerprint density at radius 1 is 0.714 bits per heavy atom. The minimum Gasteiger partial charge on any atom is -1.00 e. The van der Waals surface area contributed by atoms with Crippen molar-refractivity contribution >= 4 is 11.4 Å². The number of pyridine rings is 1. The molecule has 0 amide bonds. The quantitative estimate of drug-likeness (QED) is 0.408. The van der Waals surface area contributed by atoms with Gasteiger partial charge in [-0.15, -0.1) is 0 Å². The van der Waals surface area contributed by atoms with Crippen molar-refractivity contribution < 1.29 is 55.8 Å². The van der Waals surface area contributed by atoms with E-state index >= 15 is 0 Å². The van der Waals surface area contributed by atoms with Gasteiger partial charge in [0.1, 0.15) is 0 Å². The second-order valence-electron chi connectivity index (χ2n) is 7.42. The maximum absolute atomic E-state index is 4.94. The largest absolute Gasteiger partial charge is 3.00 e. The molecule has 0 aromatic carbocycles. The van der Waals surface area contributed by atoms with Gasteiger partial charge in [0, 0.05) is 0 Å². The number of halogens is 3. The smallest absolute Gasteiger partial charge is 1.00 e. The van der Waals surface area contributed by atoms with Crippen LogP contribution < -0.4 is 37.2 Å².